The van der Waals surface area contributed by atoms with Crippen molar-refractivity contribution in [3.8, 4) is 5.75 Å². The van der Waals surface area contributed by atoms with E-state index in [1.807, 2.05) is 19.1 Å². The van der Waals surface area contributed by atoms with Gasteiger partial charge in [-0.1, -0.05) is 23.7 Å². The highest BCUT2D eigenvalue weighted by atomic mass is 35.5. The molecule has 0 heterocycles. The van der Waals surface area contributed by atoms with E-state index in [-0.39, 0.29) is 11.7 Å². The highest BCUT2D eigenvalue weighted by Gasteiger charge is 2.10. The van der Waals surface area contributed by atoms with E-state index in [9.17, 15) is 9.90 Å². The van der Waals surface area contributed by atoms with Gasteiger partial charge < -0.3 is 15.7 Å². The van der Waals surface area contributed by atoms with Crippen LogP contribution in [0.4, 0.5) is 5.69 Å². The lowest BCUT2D eigenvalue weighted by molar-refractivity contribution is 0.0962. The Bertz CT molecular complexity index is 671. The summed E-state index contributed by atoms with van der Waals surface area (Å²) in [5.74, 6) is -0.0398. The summed E-state index contributed by atoms with van der Waals surface area (Å²) in [5, 5.41) is 15.6. The number of carbonyl (C=O) groups is 1. The first-order valence-electron chi connectivity index (χ1n) is 6.56. The van der Waals surface area contributed by atoms with Gasteiger partial charge >= 0.3 is 0 Å². The van der Waals surface area contributed by atoms with Crippen molar-refractivity contribution in [1.29, 1.82) is 0 Å². The highest BCUT2D eigenvalue weighted by molar-refractivity contribution is 6.32. The third-order valence-electron chi connectivity index (χ3n) is 3.30. The minimum absolute atomic E-state index is 0.0678. The number of nitrogens with one attached hydrogen (secondary N) is 2. The number of hydrogen-bond donors (Lipinski definition) is 3. The second-order valence-corrected chi connectivity index (χ2v) is 5.10. The summed E-state index contributed by atoms with van der Waals surface area (Å²) < 4.78 is 0. The fourth-order valence-corrected chi connectivity index (χ4v) is 2.27. The number of hydrogen-bond acceptors (Lipinski definition) is 3. The van der Waals surface area contributed by atoms with Gasteiger partial charge in [0.15, 0.2) is 0 Å². The molecule has 5 heteroatoms. The highest BCUT2D eigenvalue weighted by Crippen LogP contribution is 2.25. The molecule has 0 aromatic heterocycles. The van der Waals surface area contributed by atoms with Gasteiger partial charge in [-0.2, -0.15) is 0 Å². The van der Waals surface area contributed by atoms with Gasteiger partial charge in [0.1, 0.15) is 5.75 Å². The number of aromatic hydroxyl groups is 1. The van der Waals surface area contributed by atoms with Gasteiger partial charge in [-0.05, 0) is 42.3 Å². The molecule has 0 spiro atoms. The van der Waals surface area contributed by atoms with Gasteiger partial charge in [0.05, 0.1) is 5.02 Å². The van der Waals surface area contributed by atoms with Crippen molar-refractivity contribution in [2.45, 2.75) is 13.5 Å². The third-order valence-corrected chi connectivity index (χ3v) is 3.60. The molecular weight excluding hydrogens is 288 g/mol. The van der Waals surface area contributed by atoms with E-state index in [2.05, 4.69) is 10.6 Å². The zero-order valence-electron chi connectivity index (χ0n) is 11.9. The van der Waals surface area contributed by atoms with Crippen LogP contribution >= 0.6 is 11.6 Å². The fourth-order valence-electron chi connectivity index (χ4n) is 2.07. The SMILES string of the molecule is CNC(=O)c1cccc(NCc2ccc(O)c(Cl)c2)c1C. The maximum Gasteiger partial charge on any atom is 0.251 e. The molecule has 3 N–H and O–H groups in total. The van der Waals surface area contributed by atoms with Crippen molar-refractivity contribution in [2.24, 2.45) is 0 Å². The second kappa shape index (κ2) is 6.50. The molecule has 2 rings (SSSR count). The molecule has 0 saturated heterocycles. The van der Waals surface area contributed by atoms with Crippen molar-refractivity contribution < 1.29 is 9.90 Å². The predicted molar refractivity (Wildman–Crippen MR) is 85.0 cm³/mol. The van der Waals surface area contributed by atoms with Crippen LogP contribution in [0.1, 0.15) is 21.5 Å². The minimum Gasteiger partial charge on any atom is -0.506 e. The first kappa shape index (κ1) is 15.2. The Hall–Kier alpha value is -2.20. The molecule has 0 aliphatic rings. The van der Waals surface area contributed by atoms with Crippen LogP contribution in [0.5, 0.6) is 5.75 Å². The van der Waals surface area contributed by atoms with E-state index >= 15 is 0 Å². The van der Waals surface area contributed by atoms with Crippen molar-refractivity contribution in [3.05, 3.63) is 58.1 Å². The van der Waals surface area contributed by atoms with Crippen LogP contribution in [0, 0.1) is 6.92 Å². The van der Waals surface area contributed by atoms with Crippen LogP contribution in [0.3, 0.4) is 0 Å². The van der Waals surface area contributed by atoms with Gasteiger partial charge in [0.2, 0.25) is 0 Å². The topological polar surface area (TPSA) is 61.4 Å². The Labute approximate surface area is 128 Å². The van der Waals surface area contributed by atoms with Crippen molar-refractivity contribution in [2.75, 3.05) is 12.4 Å². The summed E-state index contributed by atoms with van der Waals surface area (Å²) in [4.78, 5) is 11.8. The number of carbonyl (C=O) groups excluding carboxylic acids is 1. The van der Waals surface area contributed by atoms with Gasteiger partial charge in [0.25, 0.3) is 5.91 Å². The molecule has 2 aromatic carbocycles. The van der Waals surface area contributed by atoms with E-state index in [1.165, 1.54) is 0 Å². The molecule has 2 aromatic rings. The molecule has 0 fully saturated rings. The number of rotatable bonds is 4. The Balaban J connectivity index is 2.16. The lowest BCUT2D eigenvalue weighted by Crippen LogP contribution is -2.19. The lowest BCUT2D eigenvalue weighted by atomic mass is 10.1. The first-order chi connectivity index (χ1) is 10.0. The summed E-state index contributed by atoms with van der Waals surface area (Å²) in [5.41, 5.74) is 3.37. The quantitative estimate of drug-likeness (QED) is 0.812. The third kappa shape index (κ3) is 3.47. The zero-order valence-corrected chi connectivity index (χ0v) is 12.7. The van der Waals surface area contributed by atoms with E-state index in [0.29, 0.717) is 17.1 Å². The number of anilines is 1. The molecular formula is C16H17ClN2O2. The van der Waals surface area contributed by atoms with Gasteiger partial charge in [0, 0.05) is 24.8 Å². The first-order valence-corrected chi connectivity index (χ1v) is 6.93. The molecule has 110 valence electrons. The van der Waals surface area contributed by atoms with Gasteiger partial charge in [-0.3, -0.25) is 4.79 Å². The lowest BCUT2D eigenvalue weighted by Gasteiger charge is -2.13. The second-order valence-electron chi connectivity index (χ2n) is 4.70. The Morgan fingerprint density at radius 3 is 2.71 bits per heavy atom. The van der Waals surface area contributed by atoms with Gasteiger partial charge in [-0.15, -0.1) is 0 Å². The molecule has 4 nitrogen and oxygen atoms in total. The molecule has 0 unspecified atom stereocenters. The average Bonchev–Trinajstić information content (AvgIpc) is 2.49. The van der Waals surface area contributed by atoms with Crippen LogP contribution in [-0.2, 0) is 6.54 Å². The molecule has 0 saturated carbocycles. The zero-order chi connectivity index (χ0) is 15.4. The molecule has 21 heavy (non-hydrogen) atoms. The molecule has 0 aliphatic carbocycles. The van der Waals surface area contributed by atoms with Crippen molar-refractivity contribution >= 4 is 23.2 Å². The molecule has 0 atom stereocenters. The molecule has 1 amide bonds. The number of amides is 1. The Kier molecular flexibility index (Phi) is 4.70. The summed E-state index contributed by atoms with van der Waals surface area (Å²) in [6.07, 6.45) is 0. The van der Waals surface area contributed by atoms with Crippen LogP contribution in [0.2, 0.25) is 5.02 Å². The van der Waals surface area contributed by atoms with E-state index in [0.717, 1.165) is 16.8 Å². The predicted octanol–water partition coefficient (Wildman–Crippen LogP) is 3.33. The maximum absolute atomic E-state index is 11.8. The molecule has 0 bridgehead atoms. The van der Waals surface area contributed by atoms with Crippen LogP contribution in [0.15, 0.2) is 36.4 Å². The van der Waals surface area contributed by atoms with E-state index in [4.69, 9.17) is 11.6 Å². The molecule has 0 radical (unpaired) electrons. The van der Waals surface area contributed by atoms with Crippen LogP contribution in [-0.4, -0.2) is 18.1 Å². The van der Waals surface area contributed by atoms with Crippen molar-refractivity contribution in [1.82, 2.24) is 5.32 Å². The van der Waals surface area contributed by atoms with Crippen LogP contribution < -0.4 is 10.6 Å². The summed E-state index contributed by atoms with van der Waals surface area (Å²) in [6, 6.07) is 10.6. The van der Waals surface area contributed by atoms with Gasteiger partial charge in [-0.25, -0.2) is 0 Å². The largest absolute Gasteiger partial charge is 0.506 e. The number of benzene rings is 2. The Morgan fingerprint density at radius 2 is 2.05 bits per heavy atom. The number of halogens is 1. The monoisotopic (exact) mass is 304 g/mol. The number of phenols is 1. The van der Waals surface area contributed by atoms with E-state index in [1.54, 1.807) is 31.3 Å². The smallest absolute Gasteiger partial charge is 0.251 e. The fraction of sp³-hybridized carbons (Fsp3) is 0.188. The number of phenolic OH excluding ortho intramolecular Hbond substituents is 1. The maximum atomic E-state index is 11.8. The standard InChI is InChI=1S/C16H17ClN2O2/c1-10-12(16(21)18-2)4-3-5-14(10)19-9-11-6-7-15(20)13(17)8-11/h3-8,19-20H,9H2,1-2H3,(H,18,21). The summed E-state index contributed by atoms with van der Waals surface area (Å²) >= 11 is 5.88. The minimum atomic E-state index is -0.108. The normalized spacial score (nSPS) is 10.2. The molecule has 0 aliphatic heterocycles. The van der Waals surface area contributed by atoms with Crippen molar-refractivity contribution in [3.63, 3.8) is 0 Å². The summed E-state index contributed by atoms with van der Waals surface area (Å²) in [7, 11) is 1.61. The van der Waals surface area contributed by atoms with Crippen LogP contribution in [0.25, 0.3) is 0 Å². The summed E-state index contributed by atoms with van der Waals surface area (Å²) in [6.45, 7) is 2.45. The van der Waals surface area contributed by atoms with E-state index < -0.39 is 0 Å². The Morgan fingerprint density at radius 1 is 1.29 bits per heavy atom. The average molecular weight is 305 g/mol.